The number of amides is 8. The maximum atomic E-state index is 14.9. The Morgan fingerprint density at radius 1 is 0.434 bits per heavy atom. The first-order valence-electron chi connectivity index (χ1n) is 37.3. The van der Waals surface area contributed by atoms with Crippen molar-refractivity contribution in [2.75, 3.05) is 95.8 Å². The zero-order valence-electron chi connectivity index (χ0n) is 70.1. The number of nitrogens with zero attached hydrogens (tertiary/aromatic N) is 1. The molecule has 0 aliphatic heterocycles. The minimum Gasteiger partial charge on any atom is -0.748 e. The van der Waals surface area contributed by atoms with Gasteiger partial charge in [0.25, 0.3) is 5.91 Å². The molecular formula is C72H114N13Na3O27S7. The molecule has 40 nitrogen and oxygen atoms in total. The average molecular weight is 1890 g/mol. The van der Waals surface area contributed by atoms with E-state index in [4.69, 9.17) is 5.73 Å². The number of nitrogens with one attached hydrogen (secondary N) is 11. The molecule has 0 aliphatic rings. The van der Waals surface area contributed by atoms with Crippen LogP contribution in [0.25, 0.3) is 32.3 Å². The van der Waals surface area contributed by atoms with Crippen molar-refractivity contribution in [2.45, 2.75) is 178 Å². The Hall–Kier alpha value is -4.63. The van der Waals surface area contributed by atoms with Gasteiger partial charge in [-0.1, -0.05) is 105 Å². The fourth-order valence-electron chi connectivity index (χ4n) is 11.1. The number of rotatable bonds is 56. The average Bonchev–Trinajstić information content (AvgIpc) is 0.703. The number of benzene rings is 4. The number of carbonyl (C=O) groups excluding carboxylic acids is 8. The van der Waals surface area contributed by atoms with Crippen LogP contribution in [-0.4, -0.2) is 227 Å². The molecule has 122 heavy (non-hydrogen) atoms. The molecule has 0 aliphatic carbocycles. The van der Waals surface area contributed by atoms with Gasteiger partial charge in [0.05, 0.1) is 56.7 Å². The third-order valence-corrected chi connectivity index (χ3v) is 24.6. The molecule has 14 N–H and O–H groups in total. The van der Waals surface area contributed by atoms with Gasteiger partial charge in [0.15, 0.2) is 5.37 Å². The van der Waals surface area contributed by atoms with Crippen molar-refractivity contribution in [1.82, 2.24) is 56.7 Å². The van der Waals surface area contributed by atoms with Crippen molar-refractivity contribution >= 4 is 154 Å². The summed E-state index contributed by atoms with van der Waals surface area (Å²) in [5, 5.41) is 54.5. The van der Waals surface area contributed by atoms with Crippen LogP contribution in [0.15, 0.2) is 99.7 Å². The standard InChI is InChI=1S/C46H61N9O22S6.C16H36N.C9H17N3O5S.CH4.3Na/c1-25(2)41(57)47-14-7-17-50-44(60)32(22-78-76-74-63)53-81(68,69)36-20-35(56)28-10-11-30-38(83(72,73)55-34(24-80(65,66)67)46(62)52-19-9-16-49-43(59)27(5)6)21-37(31-13-12-29(36)39(28)40(30)31)82(70,71)54-33(23-79-77-75-64)45(61)51-18-8-15-48-42(58)26(3)4;1-5-9-13-17(14-10-6-2,15-11-7-3)16-12-8-4;1-6(2)8(13)11-4-3-5-12-9(14)7(10)18(15,16)17;;;;/h10-13,20-21,32-34,53-56,63-64H,1,3,5,7-9,14-19,22-24H2,2,4,6H3,(H,47,57)(H,48,58)(H,49,59)(H,50,60)(H,51,61)(H,52,62)(H,65,66,67);5-16H2,1-4H3;7H,1,3-5,10H2,2H3,(H,11,13)(H,12,14)(H,15,16,17);1H4;;;/q;+1;;;3*+1/p-4. The van der Waals surface area contributed by atoms with Crippen molar-refractivity contribution in [3.8, 4) is 5.75 Å². The summed E-state index contributed by atoms with van der Waals surface area (Å²) < 4.78 is 172. The molecule has 0 fully saturated rings. The van der Waals surface area contributed by atoms with Gasteiger partial charge in [-0.2, -0.15) is 22.8 Å². The molecule has 4 rings (SSSR count). The van der Waals surface area contributed by atoms with E-state index < -0.39 is 169 Å². The van der Waals surface area contributed by atoms with Crippen molar-refractivity contribution in [3.05, 3.63) is 85.0 Å². The van der Waals surface area contributed by atoms with E-state index >= 15 is 0 Å². The number of hydrogen-bond acceptors (Lipinski definition) is 30. The first-order chi connectivity index (χ1) is 55.3. The molecule has 4 aromatic carbocycles. The van der Waals surface area contributed by atoms with E-state index in [0.29, 0.717) is 18.1 Å². The maximum absolute atomic E-state index is 14.9. The molecule has 0 spiro atoms. The van der Waals surface area contributed by atoms with E-state index in [1.54, 1.807) is 6.92 Å². The molecule has 0 heterocycles. The molecule has 674 valence electrons. The number of phenols is 1. The van der Waals surface area contributed by atoms with Crippen LogP contribution in [0.2, 0.25) is 0 Å². The van der Waals surface area contributed by atoms with Crippen molar-refractivity contribution < 1.29 is 217 Å². The minimum absolute atomic E-state index is 0. The van der Waals surface area contributed by atoms with Crippen molar-refractivity contribution in [1.29, 1.82) is 0 Å². The predicted molar refractivity (Wildman–Crippen MR) is 444 cm³/mol. The van der Waals surface area contributed by atoms with E-state index in [-0.39, 0.29) is 231 Å². The number of unbranched alkanes of at least 4 members (excludes halogenated alkanes) is 4. The second kappa shape index (κ2) is 61.0. The molecule has 0 saturated carbocycles. The van der Waals surface area contributed by atoms with Gasteiger partial charge >= 0.3 is 88.7 Å². The van der Waals surface area contributed by atoms with Gasteiger partial charge in [-0.3, -0.25) is 48.4 Å². The van der Waals surface area contributed by atoms with E-state index in [2.05, 4.69) is 125 Å². The summed E-state index contributed by atoms with van der Waals surface area (Å²) in [5.41, 5.74) is 5.81. The van der Waals surface area contributed by atoms with Gasteiger partial charge in [0, 0.05) is 149 Å². The smallest absolute Gasteiger partial charge is 0.748 e. The molecule has 0 saturated heterocycles. The zero-order valence-corrected chi connectivity index (χ0v) is 81.9. The van der Waals surface area contributed by atoms with Crippen LogP contribution in [0.3, 0.4) is 0 Å². The number of carbonyl (C=O) groups is 8. The van der Waals surface area contributed by atoms with Crippen LogP contribution < -0.4 is 162 Å². The molecule has 0 radical (unpaired) electrons. The second-order valence-corrected chi connectivity index (χ2v) is 36.6. The number of quaternary nitrogens is 1. The summed E-state index contributed by atoms with van der Waals surface area (Å²) in [6.07, 6.45) is 11.7. The Kier molecular flexibility index (Phi) is 60.7. The SMILES string of the molecule is C.C=C(C)C(=O)NCCCNC(=O)C(CSOO[O-])NS(=O)(=O)c1cc(O)c2ccc3c(S(=O)(=O)NC(CS(=O)(=O)[O-])C(=O)NCCCNC(=O)C(=C)C)cc(S(=O)(=O)NC(CSOO[O-])C(=O)NCCCNC(=O)C(=C)C)c4ccc1c2c43.C=C(C)C(=O)NCCCNC(=O)C(N)S(=O)(=O)[O-].CCCC[N+](CCCC)(CCCC)CCCC.[Na+].[Na+].[Na+]. The summed E-state index contributed by atoms with van der Waals surface area (Å²) in [4.78, 5) is 95.6. The Morgan fingerprint density at radius 3 is 0.975 bits per heavy atom. The summed E-state index contributed by atoms with van der Waals surface area (Å²) >= 11 is 0.358. The van der Waals surface area contributed by atoms with Gasteiger partial charge in [-0.05, 0) is 91.2 Å². The van der Waals surface area contributed by atoms with E-state index in [1.165, 1.54) is 103 Å². The molecule has 4 aromatic rings. The summed E-state index contributed by atoms with van der Waals surface area (Å²) in [6, 6.07) is -0.655. The summed E-state index contributed by atoms with van der Waals surface area (Å²) in [5.74, 6) is -10.2. The van der Waals surface area contributed by atoms with Crippen LogP contribution in [0.4, 0.5) is 0 Å². The van der Waals surface area contributed by atoms with E-state index in [0.717, 1.165) is 30.3 Å². The molecule has 0 aromatic heterocycles. The maximum Gasteiger partial charge on any atom is 1.00 e. The monoisotopic (exact) mass is 1890 g/mol. The van der Waals surface area contributed by atoms with Crippen LogP contribution >= 0.6 is 24.1 Å². The molecule has 4 unspecified atom stereocenters. The fourth-order valence-corrected chi connectivity index (χ4v) is 17.7. The van der Waals surface area contributed by atoms with Crippen LogP contribution in [0.1, 0.15) is 140 Å². The number of hydrogen-bond donors (Lipinski definition) is 13. The van der Waals surface area contributed by atoms with Crippen molar-refractivity contribution in [3.63, 3.8) is 0 Å². The van der Waals surface area contributed by atoms with Crippen LogP contribution in [-0.2, 0) is 107 Å². The normalized spacial score (nSPS) is 12.5. The largest absolute Gasteiger partial charge is 1.00 e. The first-order valence-corrected chi connectivity index (χ1v) is 46.6. The number of aromatic hydroxyl groups is 1. The van der Waals surface area contributed by atoms with Gasteiger partial charge in [0.2, 0.25) is 71.4 Å². The van der Waals surface area contributed by atoms with E-state index in [9.17, 15) is 105 Å². The van der Waals surface area contributed by atoms with Crippen LogP contribution in [0, 0.1) is 0 Å². The predicted octanol–water partition coefficient (Wildman–Crippen LogP) is -8.22. The van der Waals surface area contributed by atoms with Crippen molar-refractivity contribution in [2.24, 2.45) is 5.73 Å². The molecular weight excluding hydrogens is 1770 g/mol. The number of nitrogens with two attached hydrogens (primary N) is 1. The quantitative estimate of drug-likeness (QED) is 0.00225. The Balaban J connectivity index is -0.00000300. The minimum atomic E-state index is -5.51. The molecule has 4 atom stereocenters. The van der Waals surface area contributed by atoms with Gasteiger partial charge < -0.3 is 77.5 Å². The van der Waals surface area contributed by atoms with Gasteiger partial charge in [-0.25, -0.2) is 42.1 Å². The number of sulfonamides is 3. The Morgan fingerprint density at radius 2 is 0.697 bits per heavy atom. The summed E-state index contributed by atoms with van der Waals surface area (Å²) in [6.45, 7) is 34.6. The second-order valence-electron chi connectivity index (χ2n) is 27.2. The van der Waals surface area contributed by atoms with E-state index in [1.807, 2.05) is 4.72 Å². The topological polar surface area (TPSA) is 615 Å². The Labute approximate surface area is 790 Å². The van der Waals surface area contributed by atoms with Gasteiger partial charge in [-0.15, -0.1) is 0 Å². The summed E-state index contributed by atoms with van der Waals surface area (Å²) in [7, 11) is -26.3. The Bertz CT molecular complexity index is 4680. The third kappa shape index (κ3) is 43.0. The van der Waals surface area contributed by atoms with Crippen LogP contribution in [0.5, 0.6) is 5.75 Å². The first kappa shape index (κ1) is 122. The molecule has 0 bridgehead atoms. The third-order valence-electron chi connectivity index (χ3n) is 17.3. The number of phenolic OH excluding ortho intramolecular Hbond substituents is 1. The van der Waals surface area contributed by atoms with Gasteiger partial charge in [0.1, 0.15) is 34.0 Å². The molecule has 50 heteroatoms. The fraction of sp³-hybridized carbons (Fsp3) is 0.556. The zero-order chi connectivity index (χ0) is 89.4. The molecule has 8 amide bonds.